The fourth-order valence-electron chi connectivity index (χ4n) is 1.81. The van der Waals surface area contributed by atoms with E-state index in [0.29, 0.717) is 15.7 Å². The number of hydrogen-bond donors (Lipinski definition) is 1. The van der Waals surface area contributed by atoms with Crippen molar-refractivity contribution in [3.8, 4) is 0 Å². The first kappa shape index (κ1) is 18.5. The molecule has 7 heteroatoms. The maximum atomic E-state index is 12.1. The van der Waals surface area contributed by atoms with E-state index in [-0.39, 0.29) is 0 Å². The van der Waals surface area contributed by atoms with E-state index in [9.17, 15) is 9.59 Å². The summed E-state index contributed by atoms with van der Waals surface area (Å²) in [6, 6.07) is 6.83. The molecule has 0 aliphatic heterocycles. The fourth-order valence-corrected chi connectivity index (χ4v) is 3.12. The van der Waals surface area contributed by atoms with Gasteiger partial charge in [-0.15, -0.1) is 11.3 Å². The summed E-state index contributed by atoms with van der Waals surface area (Å²) in [6.45, 7) is 3.42. The predicted octanol–water partition coefficient (Wildman–Crippen LogP) is 4.95. The quantitative estimate of drug-likeness (QED) is 0.586. The Hall–Kier alpha value is -1.82. The third kappa shape index (κ3) is 4.84. The zero-order valence-corrected chi connectivity index (χ0v) is 15.3. The molecule has 0 aliphatic carbocycles. The number of hydrogen-bond acceptors (Lipinski definition) is 4. The van der Waals surface area contributed by atoms with Gasteiger partial charge in [-0.25, -0.2) is 4.79 Å². The second kappa shape index (κ2) is 8.33. The highest BCUT2D eigenvalue weighted by molar-refractivity contribution is 7.11. The van der Waals surface area contributed by atoms with Crippen molar-refractivity contribution < 1.29 is 14.3 Å². The second-order valence-electron chi connectivity index (χ2n) is 4.97. The number of carbonyl (C=O) groups is 2. The van der Waals surface area contributed by atoms with Crippen LogP contribution in [0.15, 0.2) is 35.7 Å². The van der Waals surface area contributed by atoms with Gasteiger partial charge in [0.1, 0.15) is 0 Å². The van der Waals surface area contributed by atoms with Crippen LogP contribution >= 0.6 is 34.5 Å². The van der Waals surface area contributed by atoms with Gasteiger partial charge >= 0.3 is 5.97 Å². The molecule has 0 fully saturated rings. The molecule has 0 radical (unpaired) electrons. The molecule has 0 bridgehead atoms. The van der Waals surface area contributed by atoms with Crippen molar-refractivity contribution in [1.82, 2.24) is 0 Å². The molecular formula is C17H15Cl2NO3S. The van der Waals surface area contributed by atoms with Crippen molar-refractivity contribution in [2.45, 2.75) is 20.0 Å². The van der Waals surface area contributed by atoms with E-state index < -0.39 is 18.0 Å². The highest BCUT2D eigenvalue weighted by Crippen LogP contribution is 2.29. The van der Waals surface area contributed by atoms with Crippen LogP contribution in [0, 0.1) is 6.92 Å². The Morgan fingerprint density at radius 1 is 1.25 bits per heavy atom. The van der Waals surface area contributed by atoms with Gasteiger partial charge in [0.25, 0.3) is 5.91 Å². The van der Waals surface area contributed by atoms with Crippen LogP contribution < -0.4 is 5.32 Å². The standard InChI is InChI=1S/C17H15Cl2NO3S/c1-10-8-9-24-14(10)6-7-15(21)23-11(2)17(22)20-16-12(18)4-3-5-13(16)19/h3-9,11H,1-2H3,(H,20,22)/b7-6+/t11-/m0/s1. The van der Waals surface area contributed by atoms with Crippen molar-refractivity contribution in [2.75, 3.05) is 5.32 Å². The Bertz CT molecular complexity index is 766. The first-order valence-electron chi connectivity index (χ1n) is 7.06. The molecule has 2 rings (SSSR count). The summed E-state index contributed by atoms with van der Waals surface area (Å²) in [5, 5.41) is 5.11. The Kier molecular flexibility index (Phi) is 6.43. The van der Waals surface area contributed by atoms with Crippen molar-refractivity contribution in [2.24, 2.45) is 0 Å². The molecule has 4 nitrogen and oxygen atoms in total. The number of rotatable bonds is 5. The number of anilines is 1. The van der Waals surface area contributed by atoms with Crippen LogP contribution in [0.1, 0.15) is 17.4 Å². The van der Waals surface area contributed by atoms with Crippen LogP contribution in [0.2, 0.25) is 10.0 Å². The minimum atomic E-state index is -0.987. The average Bonchev–Trinajstić information content (AvgIpc) is 2.94. The molecule has 1 aromatic carbocycles. The topological polar surface area (TPSA) is 55.4 Å². The summed E-state index contributed by atoms with van der Waals surface area (Å²) in [5.74, 6) is -1.12. The maximum Gasteiger partial charge on any atom is 0.331 e. The van der Waals surface area contributed by atoms with Gasteiger partial charge in [-0.05, 0) is 49.1 Å². The van der Waals surface area contributed by atoms with E-state index in [1.165, 1.54) is 24.3 Å². The van der Waals surface area contributed by atoms with Crippen LogP contribution in [0.25, 0.3) is 6.08 Å². The molecule has 0 aliphatic rings. The molecule has 1 N–H and O–H groups in total. The molecule has 0 spiro atoms. The Labute approximate surface area is 154 Å². The SMILES string of the molecule is Cc1ccsc1/C=C/C(=O)O[C@@H](C)C(=O)Nc1c(Cl)cccc1Cl. The lowest BCUT2D eigenvalue weighted by molar-refractivity contribution is -0.148. The van der Waals surface area contributed by atoms with Gasteiger partial charge < -0.3 is 10.1 Å². The summed E-state index contributed by atoms with van der Waals surface area (Å²) >= 11 is 13.5. The summed E-state index contributed by atoms with van der Waals surface area (Å²) in [4.78, 5) is 24.9. The fraction of sp³-hybridized carbons (Fsp3) is 0.176. The number of amides is 1. The van der Waals surface area contributed by atoms with E-state index >= 15 is 0 Å². The number of nitrogens with one attached hydrogen (secondary N) is 1. The number of thiophene rings is 1. The largest absolute Gasteiger partial charge is 0.449 e. The van der Waals surface area contributed by atoms with Crippen LogP contribution in [0.3, 0.4) is 0 Å². The first-order chi connectivity index (χ1) is 11.4. The molecule has 0 saturated carbocycles. The van der Waals surface area contributed by atoms with Crippen LogP contribution in [-0.4, -0.2) is 18.0 Å². The van der Waals surface area contributed by atoms with Crippen molar-refractivity contribution in [3.05, 3.63) is 56.2 Å². The molecule has 0 saturated heterocycles. The van der Waals surface area contributed by atoms with Gasteiger partial charge in [-0.3, -0.25) is 4.79 Å². The van der Waals surface area contributed by atoms with Gasteiger partial charge in [0.2, 0.25) is 0 Å². The second-order valence-corrected chi connectivity index (χ2v) is 6.73. The van der Waals surface area contributed by atoms with Crippen LogP contribution in [0.4, 0.5) is 5.69 Å². The molecule has 1 atom stereocenters. The molecule has 126 valence electrons. The summed E-state index contributed by atoms with van der Waals surface area (Å²) in [6.07, 6.45) is 1.97. The molecule has 24 heavy (non-hydrogen) atoms. The average molecular weight is 384 g/mol. The minimum absolute atomic E-state index is 0.290. The van der Waals surface area contributed by atoms with Crippen LogP contribution in [-0.2, 0) is 14.3 Å². The maximum absolute atomic E-state index is 12.1. The predicted molar refractivity (Wildman–Crippen MR) is 98.7 cm³/mol. The number of halogens is 2. The monoisotopic (exact) mass is 383 g/mol. The van der Waals surface area contributed by atoms with E-state index in [1.54, 1.807) is 24.3 Å². The first-order valence-corrected chi connectivity index (χ1v) is 8.69. The zero-order chi connectivity index (χ0) is 17.7. The van der Waals surface area contributed by atoms with Gasteiger partial charge in [-0.2, -0.15) is 0 Å². The summed E-state index contributed by atoms with van der Waals surface area (Å²) in [5.41, 5.74) is 1.36. The normalized spacial score (nSPS) is 12.2. The molecule has 0 unspecified atom stereocenters. The lowest BCUT2D eigenvalue weighted by Gasteiger charge is -2.14. The number of benzene rings is 1. The minimum Gasteiger partial charge on any atom is -0.449 e. The Morgan fingerprint density at radius 2 is 1.92 bits per heavy atom. The zero-order valence-electron chi connectivity index (χ0n) is 13.0. The molecule has 2 aromatic rings. The number of aryl methyl sites for hydroxylation is 1. The molecule has 1 amide bonds. The number of para-hydroxylation sites is 1. The Balaban J connectivity index is 1.95. The molecular weight excluding hydrogens is 369 g/mol. The number of ether oxygens (including phenoxy) is 1. The van der Waals surface area contributed by atoms with Crippen molar-refractivity contribution in [1.29, 1.82) is 0 Å². The third-order valence-corrected chi connectivity index (χ3v) is 4.76. The van der Waals surface area contributed by atoms with Gasteiger partial charge in [0.15, 0.2) is 6.10 Å². The number of carbonyl (C=O) groups excluding carboxylic acids is 2. The molecule has 1 aromatic heterocycles. The summed E-state index contributed by atoms with van der Waals surface area (Å²) < 4.78 is 5.08. The lowest BCUT2D eigenvalue weighted by atomic mass is 10.3. The van der Waals surface area contributed by atoms with Crippen molar-refractivity contribution >= 4 is 58.2 Å². The third-order valence-electron chi connectivity index (χ3n) is 3.15. The highest BCUT2D eigenvalue weighted by atomic mass is 35.5. The van der Waals surface area contributed by atoms with Gasteiger partial charge in [0.05, 0.1) is 15.7 Å². The highest BCUT2D eigenvalue weighted by Gasteiger charge is 2.19. The lowest BCUT2D eigenvalue weighted by Crippen LogP contribution is -2.29. The van der Waals surface area contributed by atoms with Gasteiger partial charge in [0, 0.05) is 11.0 Å². The van der Waals surface area contributed by atoms with Crippen LogP contribution in [0.5, 0.6) is 0 Å². The van der Waals surface area contributed by atoms with E-state index in [0.717, 1.165) is 10.4 Å². The van der Waals surface area contributed by atoms with E-state index in [4.69, 9.17) is 27.9 Å². The Morgan fingerprint density at radius 3 is 2.50 bits per heavy atom. The van der Waals surface area contributed by atoms with E-state index in [2.05, 4.69) is 5.32 Å². The van der Waals surface area contributed by atoms with Gasteiger partial charge in [-0.1, -0.05) is 29.3 Å². The summed E-state index contributed by atoms with van der Waals surface area (Å²) in [7, 11) is 0. The smallest absolute Gasteiger partial charge is 0.331 e. The number of esters is 1. The molecule has 1 heterocycles. The van der Waals surface area contributed by atoms with E-state index in [1.807, 2.05) is 18.4 Å². The van der Waals surface area contributed by atoms with Crippen molar-refractivity contribution in [3.63, 3.8) is 0 Å².